The van der Waals surface area contributed by atoms with Crippen molar-refractivity contribution >= 4 is 0 Å². The molecule has 0 N–H and O–H groups in total. The lowest BCUT2D eigenvalue weighted by Gasteiger charge is -2.27. The van der Waals surface area contributed by atoms with E-state index in [1.165, 1.54) is 11.1 Å². The van der Waals surface area contributed by atoms with E-state index in [0.717, 1.165) is 13.2 Å². The Hall–Kier alpha value is -0.300. The lowest BCUT2D eigenvalue weighted by molar-refractivity contribution is 0.0515. The maximum atomic E-state index is 5.72. The minimum absolute atomic E-state index is 0.206. The smallest absolute Gasteiger partial charge is 0.0554 e. The summed E-state index contributed by atoms with van der Waals surface area (Å²) in [6.07, 6.45) is 0. The summed E-state index contributed by atoms with van der Waals surface area (Å²) in [5.41, 5.74) is 3.40. The van der Waals surface area contributed by atoms with Crippen molar-refractivity contribution in [3.8, 4) is 0 Å². The Morgan fingerprint density at radius 2 is 1.15 bits per heavy atom. The molecule has 0 bridgehead atoms. The van der Waals surface area contributed by atoms with Gasteiger partial charge in [-0.3, -0.25) is 0 Å². The standard InChI is InChI=1S/C12H22O/c1-9-10(2)12(5,6)8-13-7-11(9,3)4/h7-8H2,1-6H3. The summed E-state index contributed by atoms with van der Waals surface area (Å²) >= 11 is 0. The lowest BCUT2D eigenvalue weighted by Crippen LogP contribution is -2.19. The first-order valence-corrected chi connectivity index (χ1v) is 5.03. The van der Waals surface area contributed by atoms with Crippen LogP contribution in [0.3, 0.4) is 0 Å². The molecule has 0 amide bonds. The second-order valence-corrected chi connectivity index (χ2v) is 5.51. The summed E-state index contributed by atoms with van der Waals surface area (Å²) in [5.74, 6) is 0. The zero-order valence-electron chi connectivity index (χ0n) is 9.82. The molecule has 0 unspecified atom stereocenters. The Bertz CT molecular complexity index is 210. The quantitative estimate of drug-likeness (QED) is 0.522. The van der Waals surface area contributed by atoms with Crippen molar-refractivity contribution in [2.75, 3.05) is 13.2 Å². The van der Waals surface area contributed by atoms with Crippen molar-refractivity contribution in [2.24, 2.45) is 10.8 Å². The van der Waals surface area contributed by atoms with Gasteiger partial charge in [-0.15, -0.1) is 0 Å². The molecule has 1 rings (SSSR count). The van der Waals surface area contributed by atoms with E-state index in [2.05, 4.69) is 41.5 Å². The van der Waals surface area contributed by atoms with Gasteiger partial charge in [-0.25, -0.2) is 0 Å². The molecule has 0 aromatic rings. The Morgan fingerprint density at radius 1 is 0.846 bits per heavy atom. The normalized spacial score (nSPS) is 27.2. The largest absolute Gasteiger partial charge is 0.380 e. The average molecular weight is 182 g/mol. The summed E-state index contributed by atoms with van der Waals surface area (Å²) < 4.78 is 5.72. The Kier molecular flexibility index (Phi) is 2.59. The fourth-order valence-electron chi connectivity index (χ4n) is 1.79. The van der Waals surface area contributed by atoms with E-state index in [0.29, 0.717) is 0 Å². The van der Waals surface area contributed by atoms with Crippen molar-refractivity contribution in [3.63, 3.8) is 0 Å². The molecule has 0 fully saturated rings. The van der Waals surface area contributed by atoms with Gasteiger partial charge in [-0.1, -0.05) is 38.8 Å². The van der Waals surface area contributed by atoms with Crippen LogP contribution in [0, 0.1) is 10.8 Å². The third-order valence-electron chi connectivity index (χ3n) is 3.52. The van der Waals surface area contributed by atoms with Crippen molar-refractivity contribution in [1.82, 2.24) is 0 Å². The maximum Gasteiger partial charge on any atom is 0.0554 e. The first-order valence-electron chi connectivity index (χ1n) is 5.03. The zero-order chi connectivity index (χ0) is 10.3. The van der Waals surface area contributed by atoms with Crippen LogP contribution in [0.15, 0.2) is 11.1 Å². The van der Waals surface area contributed by atoms with Crippen LogP contribution in [-0.4, -0.2) is 13.2 Å². The first kappa shape index (κ1) is 10.8. The molecule has 0 atom stereocenters. The van der Waals surface area contributed by atoms with Gasteiger partial charge < -0.3 is 4.74 Å². The third-order valence-corrected chi connectivity index (χ3v) is 3.52. The lowest BCUT2D eigenvalue weighted by atomic mass is 9.76. The number of ether oxygens (including phenoxy) is 1. The van der Waals surface area contributed by atoms with Crippen LogP contribution in [0.25, 0.3) is 0 Å². The molecular formula is C12H22O. The first-order chi connectivity index (χ1) is 5.77. The van der Waals surface area contributed by atoms with E-state index in [4.69, 9.17) is 4.74 Å². The van der Waals surface area contributed by atoms with Crippen LogP contribution < -0.4 is 0 Å². The summed E-state index contributed by atoms with van der Waals surface area (Å²) in [6.45, 7) is 15.2. The summed E-state index contributed by atoms with van der Waals surface area (Å²) in [5, 5.41) is 0. The van der Waals surface area contributed by atoms with Crippen molar-refractivity contribution in [1.29, 1.82) is 0 Å². The van der Waals surface area contributed by atoms with Gasteiger partial charge in [-0.2, -0.15) is 0 Å². The van der Waals surface area contributed by atoms with Gasteiger partial charge in [0.1, 0.15) is 0 Å². The van der Waals surface area contributed by atoms with Crippen LogP contribution in [0.1, 0.15) is 41.5 Å². The molecule has 1 heteroatoms. The Labute approximate surface area is 82.2 Å². The van der Waals surface area contributed by atoms with E-state index in [1.54, 1.807) is 0 Å². The highest BCUT2D eigenvalue weighted by Gasteiger charge is 2.32. The fraction of sp³-hybridized carbons (Fsp3) is 0.833. The van der Waals surface area contributed by atoms with Gasteiger partial charge in [0.25, 0.3) is 0 Å². The van der Waals surface area contributed by atoms with E-state index in [1.807, 2.05) is 0 Å². The molecule has 0 aromatic heterocycles. The molecule has 1 heterocycles. The van der Waals surface area contributed by atoms with E-state index < -0.39 is 0 Å². The topological polar surface area (TPSA) is 9.23 Å². The van der Waals surface area contributed by atoms with Crippen molar-refractivity contribution in [3.05, 3.63) is 11.1 Å². The molecule has 1 nitrogen and oxygen atoms in total. The molecule has 0 aromatic carbocycles. The second-order valence-electron chi connectivity index (χ2n) is 5.51. The Balaban J connectivity index is 3.12. The van der Waals surface area contributed by atoms with E-state index >= 15 is 0 Å². The predicted octanol–water partition coefficient (Wildman–Crippen LogP) is 3.41. The molecule has 13 heavy (non-hydrogen) atoms. The summed E-state index contributed by atoms with van der Waals surface area (Å²) in [6, 6.07) is 0. The Morgan fingerprint density at radius 3 is 1.46 bits per heavy atom. The number of rotatable bonds is 0. The van der Waals surface area contributed by atoms with Gasteiger partial charge in [-0.05, 0) is 13.8 Å². The van der Waals surface area contributed by atoms with E-state index in [-0.39, 0.29) is 10.8 Å². The highest BCUT2D eigenvalue weighted by molar-refractivity contribution is 5.23. The third kappa shape index (κ3) is 1.96. The van der Waals surface area contributed by atoms with Crippen LogP contribution in [-0.2, 0) is 4.74 Å². The molecular weight excluding hydrogens is 160 g/mol. The monoisotopic (exact) mass is 182 g/mol. The fourth-order valence-corrected chi connectivity index (χ4v) is 1.79. The van der Waals surface area contributed by atoms with Gasteiger partial charge in [0, 0.05) is 10.8 Å². The maximum absolute atomic E-state index is 5.72. The minimum atomic E-state index is 0.206. The van der Waals surface area contributed by atoms with Gasteiger partial charge in [0.05, 0.1) is 13.2 Å². The SMILES string of the molecule is CC1=C(C)C(C)(C)COCC1(C)C. The molecule has 0 aliphatic carbocycles. The van der Waals surface area contributed by atoms with Gasteiger partial charge >= 0.3 is 0 Å². The minimum Gasteiger partial charge on any atom is -0.380 e. The molecule has 0 saturated carbocycles. The molecule has 76 valence electrons. The van der Waals surface area contributed by atoms with Gasteiger partial charge in [0.15, 0.2) is 0 Å². The molecule has 0 spiro atoms. The number of hydrogen-bond donors (Lipinski definition) is 0. The van der Waals surface area contributed by atoms with Crippen LogP contribution in [0.5, 0.6) is 0 Å². The van der Waals surface area contributed by atoms with E-state index in [9.17, 15) is 0 Å². The van der Waals surface area contributed by atoms with Crippen LogP contribution in [0.2, 0.25) is 0 Å². The highest BCUT2D eigenvalue weighted by atomic mass is 16.5. The summed E-state index contributed by atoms with van der Waals surface area (Å²) in [4.78, 5) is 0. The zero-order valence-corrected chi connectivity index (χ0v) is 9.82. The van der Waals surface area contributed by atoms with Crippen molar-refractivity contribution in [2.45, 2.75) is 41.5 Å². The average Bonchev–Trinajstić information content (AvgIpc) is 2.04. The van der Waals surface area contributed by atoms with Crippen molar-refractivity contribution < 1.29 is 4.74 Å². The molecule has 0 radical (unpaired) electrons. The highest BCUT2D eigenvalue weighted by Crippen LogP contribution is 2.39. The van der Waals surface area contributed by atoms with Crippen LogP contribution in [0.4, 0.5) is 0 Å². The molecule has 1 aliphatic heterocycles. The van der Waals surface area contributed by atoms with Gasteiger partial charge in [0.2, 0.25) is 0 Å². The second kappa shape index (κ2) is 3.13. The van der Waals surface area contributed by atoms with Crippen LogP contribution >= 0.6 is 0 Å². The molecule has 0 saturated heterocycles. The summed E-state index contributed by atoms with van der Waals surface area (Å²) in [7, 11) is 0. The predicted molar refractivity (Wildman–Crippen MR) is 56.8 cm³/mol. The molecule has 1 aliphatic rings. The number of hydrogen-bond acceptors (Lipinski definition) is 1.